The number of fused-ring (bicyclic) bond motifs is 4. The van der Waals surface area contributed by atoms with E-state index in [1.807, 2.05) is 48.5 Å². The number of hydrogen-bond acceptors (Lipinski definition) is 8. The van der Waals surface area contributed by atoms with E-state index in [0.29, 0.717) is 46.2 Å². The molecule has 0 bridgehead atoms. The zero-order chi connectivity index (χ0) is 47.3. The van der Waals surface area contributed by atoms with Crippen LogP contribution in [0.2, 0.25) is 10.3 Å². The molecule has 12 rings (SSSR count). The van der Waals surface area contributed by atoms with Gasteiger partial charge >= 0.3 is 12.2 Å². The van der Waals surface area contributed by atoms with Crippen LogP contribution >= 0.6 is 23.2 Å². The summed E-state index contributed by atoms with van der Waals surface area (Å²) in [6.07, 6.45) is 2.02. The highest BCUT2D eigenvalue weighted by Crippen LogP contribution is 2.67. The number of ether oxygens (including phenoxy) is 2. The van der Waals surface area contributed by atoms with Crippen LogP contribution in [-0.2, 0) is 19.1 Å². The van der Waals surface area contributed by atoms with E-state index in [-0.39, 0.29) is 61.4 Å². The van der Waals surface area contributed by atoms with Crippen LogP contribution in [0, 0.1) is 47.3 Å². The van der Waals surface area contributed by atoms with Gasteiger partial charge in [0.25, 0.3) is 11.8 Å². The van der Waals surface area contributed by atoms with E-state index in [0.717, 1.165) is 35.1 Å². The normalized spacial score (nSPS) is 33.4. The van der Waals surface area contributed by atoms with Gasteiger partial charge in [-0.1, -0.05) is 71.7 Å². The number of imidazole rings is 2. The number of amides is 4. The first-order chi connectivity index (χ1) is 32.5. The number of halogens is 6. The summed E-state index contributed by atoms with van der Waals surface area (Å²) < 4.78 is 66.2. The van der Waals surface area contributed by atoms with Crippen LogP contribution in [-0.4, -0.2) is 104 Å². The maximum absolute atomic E-state index is 14.3. The van der Waals surface area contributed by atoms with E-state index >= 15 is 0 Å². The number of aromatic amines is 2. The van der Waals surface area contributed by atoms with Crippen molar-refractivity contribution in [2.24, 2.45) is 47.3 Å². The van der Waals surface area contributed by atoms with Crippen molar-refractivity contribution in [2.75, 3.05) is 14.2 Å². The van der Waals surface area contributed by atoms with Crippen molar-refractivity contribution in [3.05, 3.63) is 70.5 Å². The van der Waals surface area contributed by atoms with Crippen molar-refractivity contribution in [1.82, 2.24) is 40.4 Å². The van der Waals surface area contributed by atoms with Gasteiger partial charge in [0.05, 0.1) is 26.3 Å². The molecule has 2 saturated heterocycles. The van der Waals surface area contributed by atoms with Gasteiger partial charge in [-0.2, -0.15) is 0 Å². The number of aromatic nitrogens is 4. The first-order valence-corrected chi connectivity index (χ1v) is 24.1. The Labute approximate surface area is 397 Å². The molecule has 0 radical (unpaired) electrons. The van der Waals surface area contributed by atoms with Gasteiger partial charge in [-0.3, -0.25) is 9.59 Å². The summed E-state index contributed by atoms with van der Waals surface area (Å²) in [5.74, 6) is -8.43. The van der Waals surface area contributed by atoms with Crippen LogP contribution in [0.1, 0.15) is 75.1 Å². The van der Waals surface area contributed by atoms with E-state index < -0.39 is 83.7 Å². The molecule has 4 aromatic rings. The molecule has 68 heavy (non-hydrogen) atoms. The number of piperidine rings is 2. The Morgan fingerprint density at radius 3 is 1.26 bits per heavy atom. The summed E-state index contributed by atoms with van der Waals surface area (Å²) in [4.78, 5) is 73.1. The van der Waals surface area contributed by atoms with Gasteiger partial charge in [0.15, 0.2) is 0 Å². The monoisotopic (exact) mass is 978 g/mol. The quantitative estimate of drug-likeness (QED) is 0.108. The topological polar surface area (TPSA) is 175 Å². The number of rotatable bonds is 11. The molecule has 4 unspecified atom stereocenters. The average molecular weight is 980 g/mol. The molecule has 2 aromatic carbocycles. The second-order valence-electron chi connectivity index (χ2n) is 20.3. The summed E-state index contributed by atoms with van der Waals surface area (Å²) in [5.41, 5.74) is 4.35. The number of alkyl carbamates (subject to hydrolysis) is 2. The highest BCUT2D eigenvalue weighted by molar-refractivity contribution is 6.32. The van der Waals surface area contributed by atoms with Gasteiger partial charge in [0.2, 0.25) is 11.8 Å². The van der Waals surface area contributed by atoms with Crippen LogP contribution in [0.4, 0.5) is 27.2 Å². The summed E-state index contributed by atoms with van der Waals surface area (Å²) in [6.45, 7) is 0. The van der Waals surface area contributed by atoms with Crippen LogP contribution in [0.3, 0.4) is 0 Å². The molecule has 14 nitrogen and oxygen atoms in total. The van der Waals surface area contributed by atoms with Crippen molar-refractivity contribution >= 4 is 47.2 Å². The third-order valence-electron chi connectivity index (χ3n) is 16.7. The number of benzene rings is 2. The number of likely N-dealkylation sites (tertiary alicyclic amines) is 2. The summed E-state index contributed by atoms with van der Waals surface area (Å²) in [5, 5.41) is 5.96. The van der Waals surface area contributed by atoms with Crippen molar-refractivity contribution in [3.63, 3.8) is 0 Å². The van der Waals surface area contributed by atoms with Crippen LogP contribution in [0.25, 0.3) is 33.6 Å². The Bertz CT molecular complexity index is 2530. The van der Waals surface area contributed by atoms with Gasteiger partial charge in [-0.25, -0.2) is 37.1 Å². The number of methoxy groups -OCH3 is 2. The second-order valence-corrected chi connectivity index (χ2v) is 21.1. The van der Waals surface area contributed by atoms with Gasteiger partial charge in [0.1, 0.15) is 45.4 Å². The minimum absolute atomic E-state index is 0.0403. The highest BCUT2D eigenvalue weighted by atomic mass is 35.5. The fraction of sp³-hybridized carbons (Fsp3) is 0.542. The summed E-state index contributed by atoms with van der Waals surface area (Å²) in [6, 6.07) is 12.5. The predicted octanol–water partition coefficient (Wildman–Crippen LogP) is 8.80. The zero-order valence-electron chi connectivity index (χ0n) is 36.9. The average Bonchev–Trinajstić information content (AvgIpc) is 4.07. The Balaban J connectivity index is 0.730. The lowest BCUT2D eigenvalue weighted by molar-refractivity contribution is -0.138. The molecule has 4 amide bonds. The maximum Gasteiger partial charge on any atom is 0.407 e. The number of alkyl halides is 4. The van der Waals surface area contributed by atoms with Crippen molar-refractivity contribution in [1.29, 1.82) is 0 Å². The fourth-order valence-electron chi connectivity index (χ4n) is 12.8. The molecule has 8 fully saturated rings. The highest BCUT2D eigenvalue weighted by Gasteiger charge is 2.74. The zero-order valence-corrected chi connectivity index (χ0v) is 38.4. The molecule has 358 valence electrons. The summed E-state index contributed by atoms with van der Waals surface area (Å²) in [7, 11) is 2.41. The predicted molar refractivity (Wildman–Crippen MR) is 237 cm³/mol. The molecule has 6 aliphatic carbocycles. The second kappa shape index (κ2) is 15.6. The van der Waals surface area contributed by atoms with Gasteiger partial charge in [-0.05, 0) is 86.2 Å². The van der Waals surface area contributed by atoms with Gasteiger partial charge in [-0.15, -0.1) is 0 Å². The van der Waals surface area contributed by atoms with E-state index in [2.05, 4.69) is 20.6 Å². The van der Waals surface area contributed by atoms with Gasteiger partial charge < -0.3 is 39.9 Å². The third kappa shape index (κ3) is 7.07. The minimum Gasteiger partial charge on any atom is -0.453 e. The number of carbonyl (C=O) groups is 4. The number of H-pyrrole nitrogens is 2. The molecule has 4 heterocycles. The van der Waals surface area contributed by atoms with E-state index in [1.54, 1.807) is 9.80 Å². The molecule has 6 saturated carbocycles. The van der Waals surface area contributed by atoms with Crippen molar-refractivity contribution in [3.8, 4) is 33.6 Å². The smallest absolute Gasteiger partial charge is 0.407 e. The van der Waals surface area contributed by atoms with Gasteiger partial charge in [0, 0.05) is 46.9 Å². The van der Waals surface area contributed by atoms with Crippen molar-refractivity contribution in [2.45, 2.75) is 99.5 Å². The maximum atomic E-state index is 14.3. The molecule has 8 aliphatic rings. The fourth-order valence-corrected chi connectivity index (χ4v) is 13.3. The molecule has 2 aromatic heterocycles. The number of nitrogens with one attached hydrogen (secondary N) is 4. The van der Waals surface area contributed by atoms with Crippen LogP contribution in [0.5, 0.6) is 0 Å². The number of hydrogen-bond donors (Lipinski definition) is 4. The molecule has 14 atom stereocenters. The van der Waals surface area contributed by atoms with E-state index in [4.69, 9.17) is 42.6 Å². The Kier molecular flexibility index (Phi) is 10.1. The largest absolute Gasteiger partial charge is 0.453 e. The minimum atomic E-state index is -2.71. The van der Waals surface area contributed by atoms with E-state index in [1.165, 1.54) is 14.2 Å². The Morgan fingerprint density at radius 1 is 0.588 bits per heavy atom. The molecular weight excluding hydrogens is 931 g/mol. The lowest BCUT2D eigenvalue weighted by atomic mass is 9.92. The lowest BCUT2D eigenvalue weighted by Crippen LogP contribution is -2.53. The first-order valence-electron chi connectivity index (χ1n) is 23.4. The standard InChI is InChI=1S/C48H48Cl2F4N8O6/c1-67-45(65)57-37(25-11-27-28(12-25)47(27,51)52)43(63)61-31-15-23(31)17-33(61)41-55-35(39(49)59-41)21-7-3-19(4-8-21)20-5-9-22(10-6-20)36-40(50)60-42(56-36)34-18-24-16-32(24)62(34)44(64)38(58-46(66)68-2)26-13-29-30(14-26)48(29,53)54/h3-10,23-34,37-38H,11-18H2,1-2H3,(H,55,59)(H,56,60)(H,57,65)(H,58,66)/t23-,24-,25?,26?,27-,28+,29-,30+,31-,32-,33+,34+,37?,38?/m1/s1. The first kappa shape index (κ1) is 43.9. The molecule has 0 spiro atoms. The number of nitrogens with zero attached hydrogens (tertiary/aromatic N) is 4. The van der Waals surface area contributed by atoms with Crippen LogP contribution < -0.4 is 10.6 Å². The molecular formula is C48H48Cl2F4N8O6. The lowest BCUT2D eigenvalue weighted by Gasteiger charge is -2.33. The third-order valence-corrected chi connectivity index (χ3v) is 17.3. The molecule has 2 aliphatic heterocycles. The van der Waals surface area contributed by atoms with Crippen LogP contribution in [0.15, 0.2) is 48.5 Å². The van der Waals surface area contributed by atoms with Crippen molar-refractivity contribution < 1.29 is 46.2 Å². The number of carbonyl (C=O) groups excluding carboxylic acids is 4. The summed E-state index contributed by atoms with van der Waals surface area (Å²) >= 11 is 13.6. The molecule has 4 N–H and O–H groups in total. The SMILES string of the molecule is COC(=O)NC(C(=O)N1[C@@H]2C[C@@H]2C[C@H]1c1nc(-c2ccc(-c3ccc(-c4nc([C@@H]5C[C@H]6C[C@H]6N5C(=O)C(NC(=O)OC)C5C[C@@H]6[C@H](C5)C6(F)F)[nH]c4Cl)cc3)cc2)c(Cl)[nH]1)C1C[C@@H]2[C@H](C1)C2(F)F. The Hall–Kier alpha value is -5.36. The Morgan fingerprint density at radius 2 is 0.926 bits per heavy atom. The molecule has 20 heteroatoms. The van der Waals surface area contributed by atoms with E-state index in [9.17, 15) is 36.7 Å².